The van der Waals surface area contributed by atoms with E-state index in [0.29, 0.717) is 35.0 Å². The molecule has 1 fully saturated rings. The molecule has 1 atom stereocenters. The van der Waals surface area contributed by atoms with Crippen LogP contribution in [0.4, 0.5) is 0 Å². The summed E-state index contributed by atoms with van der Waals surface area (Å²) in [5, 5.41) is 0. The molecule has 8 heteroatoms. The van der Waals surface area contributed by atoms with Crippen LogP contribution in [0.1, 0.15) is 33.6 Å². The Kier molecular flexibility index (Phi) is 6.91. The smallest absolute Gasteiger partial charge is 0.269 e. The van der Waals surface area contributed by atoms with E-state index in [1.165, 1.54) is 20.3 Å². The number of hydrogen-bond acceptors (Lipinski definition) is 6. The molecular weight excluding hydrogens is 376 g/mol. The first-order valence-electron chi connectivity index (χ1n) is 9.28. The van der Waals surface area contributed by atoms with Crippen LogP contribution in [0.25, 0.3) is 0 Å². The maximum Gasteiger partial charge on any atom is 0.269 e. The lowest BCUT2D eigenvalue weighted by atomic mass is 10.2. The molecule has 154 valence electrons. The lowest BCUT2D eigenvalue weighted by molar-refractivity contribution is 0.0679. The highest BCUT2D eigenvalue weighted by molar-refractivity contribution is 5.99. The zero-order valence-electron chi connectivity index (χ0n) is 16.4. The average molecular weight is 400 g/mol. The molecule has 0 saturated carbocycles. The molecule has 2 aromatic carbocycles. The molecule has 0 spiro atoms. The summed E-state index contributed by atoms with van der Waals surface area (Å²) >= 11 is 0. The fourth-order valence-corrected chi connectivity index (χ4v) is 2.90. The minimum absolute atomic E-state index is 0.129. The van der Waals surface area contributed by atoms with Crippen molar-refractivity contribution in [1.29, 1.82) is 0 Å². The molecule has 0 bridgehead atoms. The molecule has 1 saturated heterocycles. The van der Waals surface area contributed by atoms with Gasteiger partial charge in [0.25, 0.3) is 11.8 Å². The number of nitrogens with one attached hydrogen (secondary N) is 2. The molecule has 1 aliphatic rings. The maximum absolute atomic E-state index is 12.3. The molecule has 2 amide bonds. The first-order chi connectivity index (χ1) is 14.1. The highest BCUT2D eigenvalue weighted by Crippen LogP contribution is 2.27. The van der Waals surface area contributed by atoms with Crippen molar-refractivity contribution in [3.05, 3.63) is 53.6 Å². The van der Waals surface area contributed by atoms with Gasteiger partial charge in [-0.3, -0.25) is 20.4 Å². The lowest BCUT2D eigenvalue weighted by Gasteiger charge is -2.12. The lowest BCUT2D eigenvalue weighted by Crippen LogP contribution is -2.41. The second-order valence-electron chi connectivity index (χ2n) is 6.45. The largest absolute Gasteiger partial charge is 0.493 e. The van der Waals surface area contributed by atoms with Gasteiger partial charge < -0.3 is 18.9 Å². The molecule has 2 aromatic rings. The van der Waals surface area contributed by atoms with Crippen molar-refractivity contribution in [2.45, 2.75) is 18.9 Å². The Morgan fingerprint density at radius 2 is 1.62 bits per heavy atom. The fourth-order valence-electron chi connectivity index (χ4n) is 2.90. The molecule has 0 radical (unpaired) electrons. The van der Waals surface area contributed by atoms with Crippen molar-refractivity contribution in [1.82, 2.24) is 10.9 Å². The van der Waals surface area contributed by atoms with Gasteiger partial charge in [-0.1, -0.05) is 0 Å². The van der Waals surface area contributed by atoms with Gasteiger partial charge in [0, 0.05) is 17.7 Å². The third kappa shape index (κ3) is 5.39. The van der Waals surface area contributed by atoms with Crippen molar-refractivity contribution >= 4 is 11.8 Å². The summed E-state index contributed by atoms with van der Waals surface area (Å²) < 4.78 is 21.5. The van der Waals surface area contributed by atoms with E-state index in [4.69, 9.17) is 18.9 Å². The van der Waals surface area contributed by atoms with Crippen molar-refractivity contribution < 1.29 is 28.5 Å². The Labute approximate surface area is 169 Å². The fraction of sp³-hybridized carbons (Fsp3) is 0.333. The Hall–Kier alpha value is -3.26. The first-order valence-corrected chi connectivity index (χ1v) is 9.28. The van der Waals surface area contributed by atoms with Gasteiger partial charge in [-0.25, -0.2) is 0 Å². The zero-order chi connectivity index (χ0) is 20.6. The van der Waals surface area contributed by atoms with Crippen LogP contribution in [0.5, 0.6) is 17.2 Å². The molecule has 3 rings (SSSR count). The summed E-state index contributed by atoms with van der Waals surface area (Å²) in [5.41, 5.74) is 5.48. The van der Waals surface area contributed by atoms with E-state index in [-0.39, 0.29) is 6.10 Å². The predicted molar refractivity (Wildman–Crippen MR) is 105 cm³/mol. The number of benzene rings is 2. The van der Waals surface area contributed by atoms with E-state index in [1.54, 1.807) is 36.4 Å². The predicted octanol–water partition coefficient (Wildman–Crippen LogP) is 2.34. The molecular formula is C21H24N2O6. The van der Waals surface area contributed by atoms with Crippen LogP contribution in [0.2, 0.25) is 0 Å². The Bertz CT molecular complexity index is 847. The number of ether oxygens (including phenoxy) is 4. The molecule has 0 unspecified atom stereocenters. The van der Waals surface area contributed by atoms with Crippen molar-refractivity contribution in [3.63, 3.8) is 0 Å². The van der Waals surface area contributed by atoms with Crippen LogP contribution < -0.4 is 25.1 Å². The van der Waals surface area contributed by atoms with Crippen LogP contribution in [0.15, 0.2) is 42.5 Å². The summed E-state index contributed by atoms with van der Waals surface area (Å²) in [7, 11) is 2.99. The maximum atomic E-state index is 12.3. The van der Waals surface area contributed by atoms with Gasteiger partial charge in [0.05, 0.1) is 20.3 Å². The topological polar surface area (TPSA) is 95.1 Å². The molecule has 0 aliphatic carbocycles. The van der Waals surface area contributed by atoms with Crippen LogP contribution in [-0.4, -0.2) is 45.4 Å². The Balaban J connectivity index is 1.51. The number of carbonyl (C=O) groups is 2. The molecule has 1 aliphatic heterocycles. The van der Waals surface area contributed by atoms with E-state index < -0.39 is 11.8 Å². The van der Waals surface area contributed by atoms with Gasteiger partial charge in [0.15, 0.2) is 11.5 Å². The summed E-state index contributed by atoms with van der Waals surface area (Å²) in [6.07, 6.45) is 2.19. The second-order valence-corrected chi connectivity index (χ2v) is 6.45. The minimum atomic E-state index is -0.476. The highest BCUT2D eigenvalue weighted by atomic mass is 16.5. The zero-order valence-corrected chi connectivity index (χ0v) is 16.4. The average Bonchev–Trinajstić information content (AvgIpc) is 3.29. The van der Waals surface area contributed by atoms with Crippen LogP contribution in [-0.2, 0) is 4.74 Å². The van der Waals surface area contributed by atoms with E-state index in [1.807, 2.05) is 0 Å². The number of amides is 2. The summed E-state index contributed by atoms with van der Waals surface area (Å²) in [6, 6.07) is 11.4. The van der Waals surface area contributed by atoms with E-state index in [9.17, 15) is 9.59 Å². The van der Waals surface area contributed by atoms with Crippen LogP contribution in [0, 0.1) is 0 Å². The summed E-state index contributed by atoms with van der Waals surface area (Å²) in [4.78, 5) is 24.5. The first kappa shape index (κ1) is 20.5. The number of hydrazine groups is 1. The highest BCUT2D eigenvalue weighted by Gasteiger charge is 2.16. The quantitative estimate of drug-likeness (QED) is 0.693. The van der Waals surface area contributed by atoms with Crippen LogP contribution >= 0.6 is 0 Å². The van der Waals surface area contributed by atoms with Crippen molar-refractivity contribution in [3.8, 4) is 17.2 Å². The third-order valence-electron chi connectivity index (χ3n) is 4.51. The minimum Gasteiger partial charge on any atom is -0.493 e. The molecule has 8 nitrogen and oxygen atoms in total. The van der Waals surface area contributed by atoms with Gasteiger partial charge in [-0.05, 0) is 55.3 Å². The van der Waals surface area contributed by atoms with Gasteiger partial charge in [0.1, 0.15) is 12.4 Å². The number of methoxy groups -OCH3 is 2. The van der Waals surface area contributed by atoms with E-state index in [0.717, 1.165) is 19.4 Å². The van der Waals surface area contributed by atoms with E-state index >= 15 is 0 Å². The van der Waals surface area contributed by atoms with Gasteiger partial charge in [-0.2, -0.15) is 0 Å². The Morgan fingerprint density at radius 3 is 2.24 bits per heavy atom. The normalized spacial score (nSPS) is 15.4. The number of hydrogen-bond donors (Lipinski definition) is 2. The standard InChI is InChI=1S/C21H24N2O6/c1-26-18-10-7-15(12-19(18)27-2)21(25)23-22-20(24)14-5-8-16(9-6-14)29-13-17-4-3-11-28-17/h5-10,12,17H,3-4,11,13H2,1-2H3,(H,22,24)(H,23,25)/t17-/m0/s1. The third-order valence-corrected chi connectivity index (χ3v) is 4.51. The van der Waals surface area contributed by atoms with Crippen LogP contribution in [0.3, 0.4) is 0 Å². The SMILES string of the molecule is COc1ccc(C(=O)NNC(=O)c2ccc(OC[C@@H]3CCCO3)cc2)cc1OC. The number of rotatable bonds is 7. The number of carbonyl (C=O) groups excluding carboxylic acids is 2. The molecule has 0 aromatic heterocycles. The van der Waals surface area contributed by atoms with Crippen molar-refractivity contribution in [2.75, 3.05) is 27.4 Å². The second kappa shape index (κ2) is 9.79. The monoisotopic (exact) mass is 400 g/mol. The summed E-state index contributed by atoms with van der Waals surface area (Å²) in [5.74, 6) is 0.673. The van der Waals surface area contributed by atoms with Gasteiger partial charge in [-0.15, -0.1) is 0 Å². The molecule has 29 heavy (non-hydrogen) atoms. The molecule has 1 heterocycles. The van der Waals surface area contributed by atoms with Crippen molar-refractivity contribution in [2.24, 2.45) is 0 Å². The molecule has 2 N–H and O–H groups in total. The Morgan fingerprint density at radius 1 is 0.966 bits per heavy atom. The van der Waals surface area contributed by atoms with Gasteiger partial charge >= 0.3 is 0 Å². The summed E-state index contributed by atoms with van der Waals surface area (Å²) in [6.45, 7) is 1.27. The van der Waals surface area contributed by atoms with E-state index in [2.05, 4.69) is 10.9 Å². The van der Waals surface area contributed by atoms with Gasteiger partial charge in [0.2, 0.25) is 0 Å².